The lowest BCUT2D eigenvalue weighted by Gasteiger charge is -2.12. The Kier molecular flexibility index (Phi) is 4.69. The van der Waals surface area contributed by atoms with Crippen LogP contribution in [0.25, 0.3) is 93.4 Å². The molecule has 0 unspecified atom stereocenters. The van der Waals surface area contributed by atoms with E-state index in [1.54, 1.807) is 0 Å². The summed E-state index contributed by atoms with van der Waals surface area (Å²) in [5.41, 5.74) is 6.75. The van der Waals surface area contributed by atoms with E-state index in [0.29, 0.717) is 5.95 Å². The smallest absolute Gasteiger partial charge is 0.235 e. The van der Waals surface area contributed by atoms with E-state index in [0.717, 1.165) is 71.3 Å². The molecule has 10 aromatic rings. The molecule has 7 aromatic carbocycles. The standard InChI is InChI=1S/C40H23N3O/c1-2-11-26-23-27(18-17-24(26)9-1)37-31-13-5-7-15-33(31)41-40(42-37)43-34-16-8-6-14-32(34)36-35(43)22-21-30-29-20-19-25-10-3-4-12-28(25)38(29)44-39(30)36/h1-23H. The molecule has 3 heterocycles. The highest BCUT2D eigenvalue weighted by atomic mass is 16.3. The zero-order valence-corrected chi connectivity index (χ0v) is 23.5. The minimum atomic E-state index is 0.638. The molecule has 0 fully saturated rings. The van der Waals surface area contributed by atoms with Gasteiger partial charge < -0.3 is 4.42 Å². The van der Waals surface area contributed by atoms with Gasteiger partial charge in [0.2, 0.25) is 5.95 Å². The number of benzene rings is 7. The monoisotopic (exact) mass is 561 g/mol. The van der Waals surface area contributed by atoms with Crippen molar-refractivity contribution in [1.82, 2.24) is 14.5 Å². The number of aromatic nitrogens is 3. The van der Waals surface area contributed by atoms with E-state index in [9.17, 15) is 0 Å². The number of hydrogen-bond donors (Lipinski definition) is 0. The maximum absolute atomic E-state index is 6.79. The van der Waals surface area contributed by atoms with Gasteiger partial charge in [0.15, 0.2) is 0 Å². The predicted octanol–water partition coefficient (Wildman–Crippen LogP) is 10.6. The summed E-state index contributed by atoms with van der Waals surface area (Å²) in [5.74, 6) is 0.638. The third-order valence-electron chi connectivity index (χ3n) is 8.98. The molecule has 10 rings (SSSR count). The normalized spacial score (nSPS) is 12.1. The Labute approximate surface area is 251 Å². The Balaban J connectivity index is 1.31. The summed E-state index contributed by atoms with van der Waals surface area (Å²) in [7, 11) is 0. The van der Waals surface area contributed by atoms with Crippen molar-refractivity contribution in [2.75, 3.05) is 0 Å². The molecule has 4 heteroatoms. The maximum atomic E-state index is 6.79. The van der Waals surface area contributed by atoms with Crippen molar-refractivity contribution in [3.8, 4) is 17.2 Å². The molecule has 0 spiro atoms. The number of furan rings is 1. The molecule has 0 radical (unpaired) electrons. The first-order valence-electron chi connectivity index (χ1n) is 14.8. The summed E-state index contributed by atoms with van der Waals surface area (Å²) < 4.78 is 8.97. The average molecular weight is 562 g/mol. The van der Waals surface area contributed by atoms with Gasteiger partial charge in [-0.1, -0.05) is 103 Å². The van der Waals surface area contributed by atoms with Crippen LogP contribution in [0, 0.1) is 0 Å². The summed E-state index contributed by atoms with van der Waals surface area (Å²) in [5, 5.41) is 10.1. The van der Waals surface area contributed by atoms with E-state index in [2.05, 4.69) is 138 Å². The summed E-state index contributed by atoms with van der Waals surface area (Å²) in [6.07, 6.45) is 0. The van der Waals surface area contributed by atoms with Gasteiger partial charge in [-0.15, -0.1) is 0 Å². The van der Waals surface area contributed by atoms with Crippen LogP contribution >= 0.6 is 0 Å². The molecule has 3 aromatic heterocycles. The minimum absolute atomic E-state index is 0.638. The van der Waals surface area contributed by atoms with Crippen molar-refractivity contribution in [1.29, 1.82) is 0 Å². The van der Waals surface area contributed by atoms with Gasteiger partial charge in [0.05, 0.1) is 27.6 Å². The predicted molar refractivity (Wildman–Crippen MR) is 182 cm³/mol. The fourth-order valence-corrected chi connectivity index (χ4v) is 6.95. The quantitative estimate of drug-likeness (QED) is 0.211. The van der Waals surface area contributed by atoms with Crippen molar-refractivity contribution in [2.45, 2.75) is 0 Å². The number of para-hydroxylation sites is 2. The maximum Gasteiger partial charge on any atom is 0.235 e. The largest absolute Gasteiger partial charge is 0.455 e. The van der Waals surface area contributed by atoms with Gasteiger partial charge >= 0.3 is 0 Å². The van der Waals surface area contributed by atoms with Crippen LogP contribution in [0.4, 0.5) is 0 Å². The SMILES string of the molecule is c1ccc2cc(-c3nc(-n4c5ccccc5c5c6oc7c8ccccc8ccc7c6ccc54)nc4ccccc34)ccc2c1. The van der Waals surface area contributed by atoms with E-state index in [1.807, 2.05) is 6.07 Å². The summed E-state index contributed by atoms with van der Waals surface area (Å²) in [6, 6.07) is 48.9. The molecule has 0 N–H and O–H groups in total. The molecule has 204 valence electrons. The number of fused-ring (bicyclic) bond motifs is 11. The summed E-state index contributed by atoms with van der Waals surface area (Å²) in [4.78, 5) is 10.5. The lowest BCUT2D eigenvalue weighted by atomic mass is 10.0. The highest BCUT2D eigenvalue weighted by Crippen LogP contribution is 2.42. The van der Waals surface area contributed by atoms with Crippen LogP contribution < -0.4 is 0 Å². The first-order chi connectivity index (χ1) is 21.8. The van der Waals surface area contributed by atoms with Gasteiger partial charge in [0.1, 0.15) is 11.2 Å². The summed E-state index contributed by atoms with van der Waals surface area (Å²) >= 11 is 0. The van der Waals surface area contributed by atoms with Crippen molar-refractivity contribution in [3.63, 3.8) is 0 Å². The summed E-state index contributed by atoms with van der Waals surface area (Å²) in [6.45, 7) is 0. The van der Waals surface area contributed by atoms with Crippen molar-refractivity contribution < 1.29 is 4.42 Å². The number of rotatable bonds is 2. The van der Waals surface area contributed by atoms with E-state index in [1.165, 1.54) is 16.2 Å². The van der Waals surface area contributed by atoms with Crippen molar-refractivity contribution in [3.05, 3.63) is 140 Å². The molecule has 4 nitrogen and oxygen atoms in total. The molecule has 0 aliphatic rings. The molecule has 0 saturated carbocycles. The number of nitrogens with zero attached hydrogens (tertiary/aromatic N) is 3. The van der Waals surface area contributed by atoms with Crippen LogP contribution in [0.5, 0.6) is 0 Å². The Morgan fingerprint density at radius 1 is 0.455 bits per heavy atom. The van der Waals surface area contributed by atoms with Crippen LogP contribution in [0.15, 0.2) is 144 Å². The highest BCUT2D eigenvalue weighted by molar-refractivity contribution is 6.26. The van der Waals surface area contributed by atoms with Gasteiger partial charge in [-0.3, -0.25) is 4.57 Å². The lowest BCUT2D eigenvalue weighted by molar-refractivity contribution is 0.676. The first kappa shape index (κ1) is 23.6. The van der Waals surface area contributed by atoms with Gasteiger partial charge in [-0.2, -0.15) is 0 Å². The molecule has 0 atom stereocenters. The third kappa shape index (κ3) is 3.22. The number of hydrogen-bond acceptors (Lipinski definition) is 3. The van der Waals surface area contributed by atoms with E-state index in [-0.39, 0.29) is 0 Å². The van der Waals surface area contributed by atoms with Gasteiger partial charge in [0, 0.05) is 32.5 Å². The van der Waals surface area contributed by atoms with E-state index in [4.69, 9.17) is 14.4 Å². The van der Waals surface area contributed by atoms with Crippen LogP contribution in [0.3, 0.4) is 0 Å². The molecule has 44 heavy (non-hydrogen) atoms. The lowest BCUT2D eigenvalue weighted by Crippen LogP contribution is -2.03. The van der Waals surface area contributed by atoms with Crippen LogP contribution in [0.2, 0.25) is 0 Å². The highest BCUT2D eigenvalue weighted by Gasteiger charge is 2.21. The second kappa shape index (κ2) is 8.76. The van der Waals surface area contributed by atoms with Gasteiger partial charge in [0.25, 0.3) is 0 Å². The third-order valence-corrected chi connectivity index (χ3v) is 8.98. The zero-order valence-electron chi connectivity index (χ0n) is 23.5. The minimum Gasteiger partial charge on any atom is -0.455 e. The molecule has 0 aliphatic carbocycles. The molecule has 0 amide bonds. The Hall–Kier alpha value is -6.00. The van der Waals surface area contributed by atoms with Gasteiger partial charge in [-0.05, 0) is 52.6 Å². The molecule has 0 aliphatic heterocycles. The Morgan fingerprint density at radius 2 is 1.14 bits per heavy atom. The van der Waals surface area contributed by atoms with Crippen molar-refractivity contribution >= 4 is 76.2 Å². The zero-order chi connectivity index (χ0) is 28.8. The van der Waals surface area contributed by atoms with Crippen LogP contribution in [-0.2, 0) is 0 Å². The molecule has 0 bridgehead atoms. The Bertz CT molecular complexity index is 2790. The molecule has 0 saturated heterocycles. The topological polar surface area (TPSA) is 43.9 Å². The van der Waals surface area contributed by atoms with E-state index < -0.39 is 0 Å². The van der Waals surface area contributed by atoms with E-state index >= 15 is 0 Å². The average Bonchev–Trinajstić information content (AvgIpc) is 3.64. The van der Waals surface area contributed by atoms with Crippen molar-refractivity contribution in [2.24, 2.45) is 0 Å². The second-order valence-electron chi connectivity index (χ2n) is 11.4. The fraction of sp³-hybridized carbons (Fsp3) is 0. The van der Waals surface area contributed by atoms with Crippen LogP contribution in [0.1, 0.15) is 0 Å². The molecular weight excluding hydrogens is 538 g/mol. The molecular formula is C40H23N3O. The first-order valence-corrected chi connectivity index (χ1v) is 14.8. The van der Waals surface area contributed by atoms with Gasteiger partial charge in [-0.25, -0.2) is 9.97 Å². The fourth-order valence-electron chi connectivity index (χ4n) is 6.95. The van der Waals surface area contributed by atoms with Crippen LogP contribution in [-0.4, -0.2) is 14.5 Å². The second-order valence-corrected chi connectivity index (χ2v) is 11.4. The Morgan fingerprint density at radius 3 is 2.05 bits per heavy atom.